The molecule has 88 valence electrons. The molecule has 1 heterocycles. The van der Waals surface area contributed by atoms with E-state index >= 15 is 0 Å². The van der Waals surface area contributed by atoms with Gasteiger partial charge in [-0.05, 0) is 30.1 Å². The predicted molar refractivity (Wildman–Crippen MR) is 58.0 cm³/mol. The van der Waals surface area contributed by atoms with Crippen LogP contribution in [0.5, 0.6) is 0 Å². The van der Waals surface area contributed by atoms with E-state index in [2.05, 4.69) is 4.98 Å². The summed E-state index contributed by atoms with van der Waals surface area (Å²) < 4.78 is 32.8. The van der Waals surface area contributed by atoms with Gasteiger partial charge in [-0.25, -0.2) is 8.42 Å². The number of nitriles is 1. The number of hydrogen-bond donors (Lipinski definition) is 1. The summed E-state index contributed by atoms with van der Waals surface area (Å²) >= 11 is 15.4. The summed E-state index contributed by atoms with van der Waals surface area (Å²) in [6, 6.07) is 1.54. The number of alkyl halides is 3. The molecule has 0 aliphatic heterocycles. The van der Waals surface area contributed by atoms with Crippen molar-refractivity contribution in [2.45, 2.75) is 15.7 Å². The van der Waals surface area contributed by atoms with E-state index in [0.29, 0.717) is 0 Å². The molecule has 1 rings (SSSR count). The molecule has 16 heavy (non-hydrogen) atoms. The van der Waals surface area contributed by atoms with Gasteiger partial charge in [0, 0.05) is 5.69 Å². The first-order chi connectivity index (χ1) is 7.13. The van der Waals surface area contributed by atoms with Crippen molar-refractivity contribution in [1.29, 1.82) is 5.26 Å². The lowest BCUT2D eigenvalue weighted by Crippen LogP contribution is -2.22. The van der Waals surface area contributed by atoms with Crippen LogP contribution in [0, 0.1) is 18.3 Å². The zero-order chi connectivity index (χ0) is 12.7. The number of aromatic nitrogens is 1. The van der Waals surface area contributed by atoms with E-state index in [1.165, 1.54) is 13.0 Å². The second-order valence-corrected chi connectivity index (χ2v) is 6.87. The fourth-order valence-electron chi connectivity index (χ4n) is 1.12. The highest BCUT2D eigenvalue weighted by atomic mass is 35.5. The minimum atomic E-state index is -4.70. The third-order valence-electron chi connectivity index (χ3n) is 1.77. The molecule has 0 fully saturated rings. The van der Waals surface area contributed by atoms with Gasteiger partial charge in [-0.1, -0.05) is 11.6 Å². The average Bonchev–Trinajstić information content (AvgIpc) is 2.38. The molecule has 0 aliphatic carbocycles. The number of aryl methyl sites for hydroxylation is 1. The van der Waals surface area contributed by atoms with E-state index in [9.17, 15) is 12.8 Å². The molecule has 1 aromatic heterocycles. The van der Waals surface area contributed by atoms with Gasteiger partial charge in [0.2, 0.25) is 9.84 Å². The van der Waals surface area contributed by atoms with Gasteiger partial charge >= 0.3 is 3.92 Å². The molecular formula is C7H4Cl3FN2O2S. The zero-order valence-electron chi connectivity index (χ0n) is 7.68. The summed E-state index contributed by atoms with van der Waals surface area (Å²) in [7, 11) is -4.70. The van der Waals surface area contributed by atoms with Crippen molar-refractivity contribution < 1.29 is 12.8 Å². The van der Waals surface area contributed by atoms with Gasteiger partial charge < -0.3 is 4.98 Å². The number of sulfone groups is 1. The van der Waals surface area contributed by atoms with E-state index < -0.39 is 24.2 Å². The van der Waals surface area contributed by atoms with Crippen LogP contribution in [-0.4, -0.2) is 17.3 Å². The molecule has 0 unspecified atom stereocenters. The van der Waals surface area contributed by atoms with Crippen molar-refractivity contribution in [2.24, 2.45) is 0 Å². The van der Waals surface area contributed by atoms with Crippen LogP contribution in [0.4, 0.5) is 4.39 Å². The van der Waals surface area contributed by atoms with Gasteiger partial charge in [0.15, 0.2) is 0 Å². The van der Waals surface area contributed by atoms with E-state index in [1.54, 1.807) is 0 Å². The number of rotatable bonds is 2. The van der Waals surface area contributed by atoms with Crippen LogP contribution in [0.3, 0.4) is 0 Å². The second-order valence-electron chi connectivity index (χ2n) is 2.83. The summed E-state index contributed by atoms with van der Waals surface area (Å²) in [5.41, 5.74) is -0.424. The van der Waals surface area contributed by atoms with Crippen molar-refractivity contribution in [1.82, 2.24) is 4.98 Å². The first-order valence-electron chi connectivity index (χ1n) is 3.72. The predicted octanol–water partition coefficient (Wildman–Crippen LogP) is 2.68. The van der Waals surface area contributed by atoms with E-state index in [0.717, 1.165) is 0 Å². The Kier molecular flexibility index (Phi) is 3.46. The first kappa shape index (κ1) is 13.6. The molecule has 0 radical (unpaired) electrons. The molecule has 9 heteroatoms. The zero-order valence-corrected chi connectivity index (χ0v) is 10.8. The number of H-pyrrole nitrogens is 1. The number of nitrogens with one attached hydrogen (secondary N) is 1. The maximum Gasteiger partial charge on any atom is 0.362 e. The highest BCUT2D eigenvalue weighted by molar-refractivity contribution is 7.95. The van der Waals surface area contributed by atoms with Crippen LogP contribution in [0.25, 0.3) is 0 Å². The van der Waals surface area contributed by atoms with Gasteiger partial charge in [-0.2, -0.15) is 9.65 Å². The molecule has 4 nitrogen and oxygen atoms in total. The van der Waals surface area contributed by atoms with E-state index in [-0.39, 0.29) is 10.8 Å². The van der Waals surface area contributed by atoms with Gasteiger partial charge in [0.1, 0.15) is 21.7 Å². The largest absolute Gasteiger partial charge is 0.362 e. The summed E-state index contributed by atoms with van der Waals surface area (Å²) in [4.78, 5) is 1.75. The van der Waals surface area contributed by atoms with Crippen LogP contribution in [0.2, 0.25) is 5.15 Å². The Labute approximate surface area is 106 Å². The monoisotopic (exact) mass is 304 g/mol. The lowest BCUT2D eigenvalue weighted by atomic mass is 10.3. The summed E-state index contributed by atoms with van der Waals surface area (Å²) in [6.07, 6.45) is 0. The molecule has 0 bridgehead atoms. The van der Waals surface area contributed by atoms with Crippen molar-refractivity contribution in [3.63, 3.8) is 0 Å². The minimum absolute atomic E-state index is 0.00937. The molecule has 1 aromatic rings. The Hall–Kier alpha value is -0.480. The fourth-order valence-corrected chi connectivity index (χ4v) is 3.02. The van der Waals surface area contributed by atoms with Crippen LogP contribution in [0.1, 0.15) is 11.3 Å². The smallest absolute Gasteiger partial charge is 0.347 e. The molecule has 0 spiro atoms. The van der Waals surface area contributed by atoms with Crippen LogP contribution in [0.15, 0.2) is 4.90 Å². The highest BCUT2D eigenvalue weighted by Gasteiger charge is 2.45. The molecule has 0 aliphatic rings. The first-order valence-corrected chi connectivity index (χ1v) is 6.34. The Morgan fingerprint density at radius 2 is 2.00 bits per heavy atom. The normalized spacial score (nSPS) is 12.5. The molecular weight excluding hydrogens is 302 g/mol. The van der Waals surface area contributed by atoms with E-state index in [4.69, 9.17) is 40.1 Å². The number of aromatic amines is 1. The van der Waals surface area contributed by atoms with Crippen molar-refractivity contribution in [2.75, 3.05) is 0 Å². The van der Waals surface area contributed by atoms with Gasteiger partial charge in [0.25, 0.3) is 0 Å². The van der Waals surface area contributed by atoms with Gasteiger partial charge in [-0.3, -0.25) is 0 Å². The molecule has 0 aromatic carbocycles. The third-order valence-corrected chi connectivity index (χ3v) is 4.93. The number of halogens is 4. The van der Waals surface area contributed by atoms with Crippen molar-refractivity contribution in [3.8, 4) is 6.07 Å². The third kappa shape index (κ3) is 2.00. The quantitative estimate of drug-likeness (QED) is 0.854. The van der Waals surface area contributed by atoms with Crippen molar-refractivity contribution >= 4 is 44.6 Å². The summed E-state index contributed by atoms with van der Waals surface area (Å²) in [6.45, 7) is 1.30. The standard InChI is InChI=1S/C7H4Cl3FN2O2S/c1-3-5(4(2-12)6(8)13-3)16(14,15)7(9,10)11/h13H,1H3. The Morgan fingerprint density at radius 1 is 1.50 bits per heavy atom. The van der Waals surface area contributed by atoms with Gasteiger partial charge in [0.05, 0.1) is 0 Å². The lowest BCUT2D eigenvalue weighted by Gasteiger charge is -2.10. The molecule has 0 atom stereocenters. The topological polar surface area (TPSA) is 73.7 Å². The fraction of sp³-hybridized carbons (Fsp3) is 0.286. The number of hydrogen-bond acceptors (Lipinski definition) is 3. The maximum atomic E-state index is 13.1. The Morgan fingerprint density at radius 3 is 2.38 bits per heavy atom. The molecule has 1 N–H and O–H groups in total. The van der Waals surface area contributed by atoms with Gasteiger partial charge in [-0.15, -0.1) is 0 Å². The maximum absolute atomic E-state index is 13.1. The molecule has 0 amide bonds. The molecule has 0 saturated heterocycles. The number of nitrogens with zero attached hydrogens (tertiary/aromatic N) is 1. The summed E-state index contributed by atoms with van der Waals surface area (Å²) in [5.74, 6) is 0. The van der Waals surface area contributed by atoms with E-state index in [1.807, 2.05) is 0 Å². The molecule has 0 saturated carbocycles. The Bertz CT molecular complexity index is 568. The van der Waals surface area contributed by atoms with Crippen LogP contribution >= 0.6 is 34.8 Å². The second kappa shape index (κ2) is 4.08. The summed E-state index contributed by atoms with van der Waals surface area (Å²) in [5, 5.41) is 8.50. The average molecular weight is 306 g/mol. The Balaban J connectivity index is 3.66. The lowest BCUT2D eigenvalue weighted by molar-refractivity contribution is 0.469. The highest BCUT2D eigenvalue weighted by Crippen LogP contribution is 2.39. The minimum Gasteiger partial charge on any atom is -0.347 e. The SMILES string of the molecule is Cc1[nH]c(Cl)c(C#N)c1S(=O)(=O)C(F)(Cl)Cl. The van der Waals surface area contributed by atoms with Crippen molar-refractivity contribution in [3.05, 3.63) is 16.4 Å². The van der Waals surface area contributed by atoms with Crippen LogP contribution < -0.4 is 0 Å². The van der Waals surface area contributed by atoms with Crippen LogP contribution in [-0.2, 0) is 9.84 Å².